The second kappa shape index (κ2) is 8.71. The molecule has 142 valence electrons. The van der Waals surface area contributed by atoms with E-state index in [2.05, 4.69) is 16.0 Å². The average Bonchev–Trinajstić information content (AvgIpc) is 3.02. The second-order valence-electron chi connectivity index (χ2n) is 7.01. The van der Waals surface area contributed by atoms with Crippen LogP contribution in [0.1, 0.15) is 31.7 Å². The van der Waals surface area contributed by atoms with Crippen molar-refractivity contribution < 1.29 is 9.53 Å². The number of aryl methyl sites for hydroxylation is 2. The summed E-state index contributed by atoms with van der Waals surface area (Å²) in [6.45, 7) is 7.69. The molecule has 0 fully saturated rings. The van der Waals surface area contributed by atoms with Crippen LogP contribution in [0.3, 0.4) is 0 Å². The minimum absolute atomic E-state index is 0.0367. The van der Waals surface area contributed by atoms with E-state index in [-0.39, 0.29) is 11.8 Å². The molecule has 0 bridgehead atoms. The largest absolute Gasteiger partial charge is 0.493 e. The third kappa shape index (κ3) is 4.67. The van der Waals surface area contributed by atoms with Gasteiger partial charge in [0.05, 0.1) is 24.2 Å². The van der Waals surface area contributed by atoms with Crippen molar-refractivity contribution in [3.8, 4) is 5.75 Å². The van der Waals surface area contributed by atoms with Crippen molar-refractivity contribution in [2.75, 3.05) is 6.61 Å². The monoisotopic (exact) mass is 365 g/mol. The van der Waals surface area contributed by atoms with Gasteiger partial charge in [0, 0.05) is 12.5 Å². The summed E-state index contributed by atoms with van der Waals surface area (Å²) in [7, 11) is 0. The number of aromatic nitrogens is 2. The number of rotatable bonds is 8. The van der Waals surface area contributed by atoms with E-state index in [1.54, 1.807) is 0 Å². The van der Waals surface area contributed by atoms with Crippen LogP contribution in [0.2, 0.25) is 0 Å². The second-order valence-corrected chi connectivity index (χ2v) is 7.01. The van der Waals surface area contributed by atoms with Gasteiger partial charge in [-0.15, -0.1) is 0 Å². The summed E-state index contributed by atoms with van der Waals surface area (Å²) in [5.41, 5.74) is 3.18. The Hall–Kier alpha value is -2.82. The van der Waals surface area contributed by atoms with Crippen molar-refractivity contribution in [3.05, 3.63) is 59.9 Å². The predicted molar refractivity (Wildman–Crippen MR) is 108 cm³/mol. The summed E-state index contributed by atoms with van der Waals surface area (Å²) < 4.78 is 8.09. The van der Waals surface area contributed by atoms with Crippen molar-refractivity contribution in [2.45, 2.75) is 40.3 Å². The minimum atomic E-state index is -0.0367. The summed E-state index contributed by atoms with van der Waals surface area (Å²) in [4.78, 5) is 16.6. The standard InChI is InChI=1S/C22H27N3O2/c1-16(2)22(26)23-15-21-24-18-10-5-6-11-19(18)25(21)13-8-14-27-20-12-7-4-9-17(20)3/h4-7,9-12,16H,8,13-15H2,1-3H3,(H,23,26). The van der Waals surface area contributed by atoms with Crippen LogP contribution in [-0.2, 0) is 17.9 Å². The van der Waals surface area contributed by atoms with Crippen LogP contribution in [0, 0.1) is 12.8 Å². The van der Waals surface area contributed by atoms with Gasteiger partial charge in [-0.3, -0.25) is 4.79 Å². The smallest absolute Gasteiger partial charge is 0.222 e. The maximum atomic E-state index is 11.9. The number of amides is 1. The van der Waals surface area contributed by atoms with Crippen molar-refractivity contribution in [1.82, 2.24) is 14.9 Å². The Kier molecular flexibility index (Phi) is 6.12. The third-order valence-corrected chi connectivity index (χ3v) is 4.56. The highest BCUT2D eigenvalue weighted by Gasteiger charge is 2.13. The maximum absolute atomic E-state index is 11.9. The SMILES string of the molecule is Cc1ccccc1OCCCn1c(CNC(=O)C(C)C)nc2ccccc21. The van der Waals surface area contributed by atoms with Crippen molar-refractivity contribution in [1.29, 1.82) is 0 Å². The van der Waals surface area contributed by atoms with Crippen LogP contribution in [0.4, 0.5) is 0 Å². The number of hydrogen-bond acceptors (Lipinski definition) is 3. The lowest BCUT2D eigenvalue weighted by molar-refractivity contribution is -0.124. The van der Waals surface area contributed by atoms with Gasteiger partial charge in [0.25, 0.3) is 0 Å². The fraction of sp³-hybridized carbons (Fsp3) is 0.364. The molecule has 0 aliphatic heterocycles. The molecule has 1 aromatic heterocycles. The predicted octanol–water partition coefficient (Wildman–Crippen LogP) is 4.09. The molecule has 0 spiro atoms. The number of para-hydroxylation sites is 3. The first-order valence-electron chi connectivity index (χ1n) is 9.46. The Labute approximate surface area is 160 Å². The van der Waals surface area contributed by atoms with E-state index in [9.17, 15) is 4.79 Å². The molecule has 0 atom stereocenters. The van der Waals surface area contributed by atoms with Crippen molar-refractivity contribution in [3.63, 3.8) is 0 Å². The number of carbonyl (C=O) groups is 1. The molecule has 1 amide bonds. The lowest BCUT2D eigenvalue weighted by atomic mass is 10.2. The number of imidazole rings is 1. The lowest BCUT2D eigenvalue weighted by Gasteiger charge is -2.12. The van der Waals surface area contributed by atoms with Gasteiger partial charge >= 0.3 is 0 Å². The van der Waals surface area contributed by atoms with Gasteiger partial charge in [-0.2, -0.15) is 0 Å². The molecule has 2 aromatic carbocycles. The average molecular weight is 365 g/mol. The Balaban J connectivity index is 1.67. The van der Waals surface area contributed by atoms with Gasteiger partial charge in [-0.1, -0.05) is 44.2 Å². The van der Waals surface area contributed by atoms with Gasteiger partial charge < -0.3 is 14.6 Å². The summed E-state index contributed by atoms with van der Waals surface area (Å²) >= 11 is 0. The Morgan fingerprint density at radius 1 is 1.15 bits per heavy atom. The normalized spacial score (nSPS) is 11.1. The Bertz CT molecular complexity index is 915. The van der Waals surface area contributed by atoms with Crippen LogP contribution in [0.15, 0.2) is 48.5 Å². The van der Waals surface area contributed by atoms with E-state index in [0.717, 1.165) is 41.1 Å². The fourth-order valence-electron chi connectivity index (χ4n) is 3.00. The van der Waals surface area contributed by atoms with Crippen LogP contribution in [0.25, 0.3) is 11.0 Å². The molecule has 0 radical (unpaired) electrons. The van der Waals surface area contributed by atoms with Crippen molar-refractivity contribution in [2.24, 2.45) is 5.92 Å². The van der Waals surface area contributed by atoms with Crippen LogP contribution in [0.5, 0.6) is 5.75 Å². The number of nitrogens with zero attached hydrogens (tertiary/aromatic N) is 2. The molecular formula is C22H27N3O2. The first kappa shape index (κ1) is 19.0. The highest BCUT2D eigenvalue weighted by atomic mass is 16.5. The zero-order valence-corrected chi connectivity index (χ0v) is 16.2. The quantitative estimate of drug-likeness (QED) is 0.612. The molecule has 0 unspecified atom stereocenters. The highest BCUT2D eigenvalue weighted by Crippen LogP contribution is 2.18. The minimum Gasteiger partial charge on any atom is -0.493 e. The molecule has 5 nitrogen and oxygen atoms in total. The molecule has 27 heavy (non-hydrogen) atoms. The van der Waals surface area contributed by atoms with Crippen LogP contribution >= 0.6 is 0 Å². The van der Waals surface area contributed by atoms with Crippen LogP contribution in [-0.4, -0.2) is 22.1 Å². The molecule has 0 aliphatic rings. The first-order chi connectivity index (χ1) is 13.1. The molecule has 0 saturated carbocycles. The fourth-order valence-corrected chi connectivity index (χ4v) is 3.00. The summed E-state index contributed by atoms with van der Waals surface area (Å²) in [5, 5.41) is 2.97. The topological polar surface area (TPSA) is 56.1 Å². The van der Waals surface area contributed by atoms with Gasteiger partial charge in [-0.05, 0) is 37.1 Å². The third-order valence-electron chi connectivity index (χ3n) is 4.56. The van der Waals surface area contributed by atoms with E-state index in [1.807, 2.05) is 63.2 Å². The number of ether oxygens (including phenoxy) is 1. The van der Waals surface area contributed by atoms with E-state index >= 15 is 0 Å². The van der Waals surface area contributed by atoms with Crippen LogP contribution < -0.4 is 10.1 Å². The molecule has 3 aromatic rings. The zero-order valence-electron chi connectivity index (χ0n) is 16.2. The maximum Gasteiger partial charge on any atom is 0.222 e. The summed E-state index contributed by atoms with van der Waals surface area (Å²) in [6.07, 6.45) is 0.861. The molecule has 1 heterocycles. The first-order valence-corrected chi connectivity index (χ1v) is 9.46. The molecule has 0 saturated heterocycles. The zero-order chi connectivity index (χ0) is 19.2. The molecule has 0 aliphatic carbocycles. The molecular weight excluding hydrogens is 338 g/mol. The number of nitrogens with one attached hydrogen (secondary N) is 1. The van der Waals surface area contributed by atoms with E-state index in [1.165, 1.54) is 0 Å². The summed E-state index contributed by atoms with van der Waals surface area (Å²) in [5.74, 6) is 1.81. The number of fused-ring (bicyclic) bond motifs is 1. The highest BCUT2D eigenvalue weighted by molar-refractivity contribution is 5.78. The van der Waals surface area contributed by atoms with E-state index in [0.29, 0.717) is 13.2 Å². The number of benzene rings is 2. The van der Waals surface area contributed by atoms with Gasteiger partial charge in [0.15, 0.2) is 0 Å². The van der Waals surface area contributed by atoms with Gasteiger partial charge in [0.2, 0.25) is 5.91 Å². The van der Waals surface area contributed by atoms with Gasteiger partial charge in [-0.25, -0.2) is 4.98 Å². The Morgan fingerprint density at radius 3 is 2.67 bits per heavy atom. The summed E-state index contributed by atoms with van der Waals surface area (Å²) in [6, 6.07) is 16.1. The number of hydrogen-bond donors (Lipinski definition) is 1. The molecule has 5 heteroatoms. The lowest BCUT2D eigenvalue weighted by Crippen LogP contribution is -2.28. The number of carbonyl (C=O) groups excluding carboxylic acids is 1. The van der Waals surface area contributed by atoms with E-state index < -0.39 is 0 Å². The molecule has 3 rings (SSSR count). The van der Waals surface area contributed by atoms with Crippen molar-refractivity contribution >= 4 is 16.9 Å². The Morgan fingerprint density at radius 2 is 1.89 bits per heavy atom. The molecule has 1 N–H and O–H groups in total. The van der Waals surface area contributed by atoms with Gasteiger partial charge in [0.1, 0.15) is 11.6 Å². The van der Waals surface area contributed by atoms with E-state index in [4.69, 9.17) is 9.72 Å².